The summed E-state index contributed by atoms with van der Waals surface area (Å²) in [5.41, 5.74) is 0.941. The van der Waals surface area contributed by atoms with E-state index in [1.165, 1.54) is 6.07 Å². The molecule has 1 aromatic carbocycles. The van der Waals surface area contributed by atoms with Gasteiger partial charge in [0.05, 0.1) is 6.61 Å². The van der Waals surface area contributed by atoms with Crippen LogP contribution in [-0.4, -0.2) is 80.4 Å². The van der Waals surface area contributed by atoms with E-state index in [4.69, 9.17) is 4.74 Å². The van der Waals surface area contributed by atoms with Crippen molar-refractivity contribution in [2.24, 2.45) is 0 Å². The molecule has 1 N–H and O–H groups in total. The minimum absolute atomic E-state index is 0.189. The largest absolute Gasteiger partial charge is 0.383 e. The quantitative estimate of drug-likeness (QED) is 0.747. The van der Waals surface area contributed by atoms with Crippen molar-refractivity contribution in [1.82, 2.24) is 14.9 Å². The summed E-state index contributed by atoms with van der Waals surface area (Å²) >= 11 is 0. The molecular formula is C22H31FN6O. The second kappa shape index (κ2) is 10.0. The van der Waals surface area contributed by atoms with Crippen molar-refractivity contribution in [2.75, 3.05) is 74.6 Å². The summed E-state index contributed by atoms with van der Waals surface area (Å²) in [5, 5.41) is 3.57. The van der Waals surface area contributed by atoms with Crippen LogP contribution in [0.25, 0.3) is 0 Å². The molecule has 0 bridgehead atoms. The first-order valence-electron chi connectivity index (χ1n) is 10.8. The van der Waals surface area contributed by atoms with E-state index in [1.54, 1.807) is 25.6 Å². The summed E-state index contributed by atoms with van der Waals surface area (Å²) in [7, 11) is 1.75. The Labute approximate surface area is 177 Å². The van der Waals surface area contributed by atoms with Crippen LogP contribution in [0.2, 0.25) is 0 Å². The fraction of sp³-hybridized carbons (Fsp3) is 0.545. The van der Waals surface area contributed by atoms with Crippen molar-refractivity contribution >= 4 is 17.3 Å². The molecule has 0 spiro atoms. The number of halogens is 1. The van der Waals surface area contributed by atoms with Gasteiger partial charge >= 0.3 is 0 Å². The summed E-state index contributed by atoms with van der Waals surface area (Å²) in [5.74, 6) is 1.63. The van der Waals surface area contributed by atoms with Crippen molar-refractivity contribution in [2.45, 2.75) is 18.9 Å². The van der Waals surface area contributed by atoms with Gasteiger partial charge in [0.1, 0.15) is 23.8 Å². The van der Waals surface area contributed by atoms with E-state index >= 15 is 0 Å². The monoisotopic (exact) mass is 414 g/mol. The fourth-order valence-corrected chi connectivity index (χ4v) is 4.23. The molecule has 4 rings (SSSR count). The van der Waals surface area contributed by atoms with Crippen LogP contribution in [0, 0.1) is 5.82 Å². The zero-order valence-corrected chi connectivity index (χ0v) is 17.6. The molecule has 0 radical (unpaired) electrons. The van der Waals surface area contributed by atoms with E-state index < -0.39 is 0 Å². The van der Waals surface area contributed by atoms with Gasteiger partial charge in [-0.1, -0.05) is 6.07 Å². The average Bonchev–Trinajstić information content (AvgIpc) is 2.78. The number of piperidine rings is 1. The minimum atomic E-state index is -0.189. The van der Waals surface area contributed by atoms with E-state index in [1.807, 2.05) is 12.1 Å². The second-order valence-corrected chi connectivity index (χ2v) is 7.99. The third kappa shape index (κ3) is 5.37. The predicted octanol–water partition coefficient (Wildman–Crippen LogP) is 2.46. The number of hydrogen-bond donors (Lipinski definition) is 1. The van der Waals surface area contributed by atoms with Gasteiger partial charge in [-0.15, -0.1) is 0 Å². The smallest absolute Gasteiger partial charge is 0.134 e. The van der Waals surface area contributed by atoms with Crippen LogP contribution < -0.4 is 15.1 Å². The molecule has 0 saturated carbocycles. The van der Waals surface area contributed by atoms with Gasteiger partial charge in [0.2, 0.25) is 0 Å². The summed E-state index contributed by atoms with van der Waals surface area (Å²) in [6.45, 7) is 7.47. The lowest BCUT2D eigenvalue weighted by Gasteiger charge is -2.36. The Hall–Kier alpha value is -2.45. The summed E-state index contributed by atoms with van der Waals surface area (Å²) < 4.78 is 18.8. The standard InChI is InChI=1S/C22H31FN6O/c1-30-13-12-27-8-10-28(11-9-27)22-15-21(24-17-25-22)26-19-5-3-7-29(16-19)20-6-2-4-18(23)14-20/h2,4,6,14-15,17,19H,3,5,7-13,16H2,1H3,(H,24,25,26). The molecule has 2 aromatic rings. The first kappa shape index (κ1) is 20.8. The van der Waals surface area contributed by atoms with E-state index in [0.29, 0.717) is 0 Å². The van der Waals surface area contributed by atoms with E-state index in [9.17, 15) is 4.39 Å². The van der Waals surface area contributed by atoms with Crippen molar-refractivity contribution in [3.05, 3.63) is 42.5 Å². The molecule has 0 aliphatic carbocycles. The average molecular weight is 415 g/mol. The first-order chi connectivity index (χ1) is 14.7. The lowest BCUT2D eigenvalue weighted by atomic mass is 10.0. The van der Waals surface area contributed by atoms with Crippen LogP contribution in [0.1, 0.15) is 12.8 Å². The molecule has 7 nitrogen and oxygen atoms in total. The predicted molar refractivity (Wildman–Crippen MR) is 118 cm³/mol. The first-order valence-corrected chi connectivity index (χ1v) is 10.8. The number of aromatic nitrogens is 2. The molecule has 1 unspecified atom stereocenters. The van der Waals surface area contributed by atoms with Crippen molar-refractivity contribution in [3.63, 3.8) is 0 Å². The number of nitrogens with one attached hydrogen (secondary N) is 1. The van der Waals surface area contributed by atoms with E-state index in [2.05, 4.69) is 30.0 Å². The minimum Gasteiger partial charge on any atom is -0.383 e. The van der Waals surface area contributed by atoms with Gasteiger partial charge in [0, 0.05) is 70.7 Å². The van der Waals surface area contributed by atoms with Gasteiger partial charge in [-0.3, -0.25) is 4.90 Å². The van der Waals surface area contributed by atoms with Crippen LogP contribution >= 0.6 is 0 Å². The topological polar surface area (TPSA) is 56.8 Å². The summed E-state index contributed by atoms with van der Waals surface area (Å²) in [6.07, 6.45) is 3.78. The SMILES string of the molecule is COCCN1CCN(c2cc(NC3CCCN(c4cccc(F)c4)C3)ncn2)CC1. The molecule has 30 heavy (non-hydrogen) atoms. The zero-order valence-electron chi connectivity index (χ0n) is 17.6. The van der Waals surface area contributed by atoms with Crippen LogP contribution in [0.15, 0.2) is 36.7 Å². The molecule has 162 valence electrons. The van der Waals surface area contributed by atoms with Gasteiger partial charge in [-0.25, -0.2) is 14.4 Å². The Balaban J connectivity index is 1.34. The Morgan fingerprint density at radius 3 is 2.77 bits per heavy atom. The number of ether oxygens (including phenoxy) is 1. The highest BCUT2D eigenvalue weighted by Crippen LogP contribution is 2.23. The molecule has 2 aliphatic rings. The third-order valence-electron chi connectivity index (χ3n) is 5.91. The molecule has 8 heteroatoms. The number of anilines is 3. The number of nitrogens with zero attached hydrogens (tertiary/aromatic N) is 5. The highest BCUT2D eigenvalue weighted by molar-refractivity contribution is 5.51. The molecule has 1 aromatic heterocycles. The van der Waals surface area contributed by atoms with Gasteiger partial charge in [0.25, 0.3) is 0 Å². The summed E-state index contributed by atoms with van der Waals surface area (Å²) in [4.78, 5) is 15.9. The Morgan fingerprint density at radius 2 is 1.97 bits per heavy atom. The van der Waals surface area contributed by atoms with Gasteiger partial charge in [-0.05, 0) is 31.0 Å². The molecule has 0 amide bonds. The normalized spacial score (nSPS) is 20.4. The van der Waals surface area contributed by atoms with Crippen LogP contribution in [0.3, 0.4) is 0 Å². The van der Waals surface area contributed by atoms with Crippen molar-refractivity contribution < 1.29 is 9.13 Å². The van der Waals surface area contributed by atoms with Gasteiger partial charge < -0.3 is 19.9 Å². The van der Waals surface area contributed by atoms with E-state index in [0.717, 1.165) is 82.6 Å². The highest BCUT2D eigenvalue weighted by atomic mass is 19.1. The van der Waals surface area contributed by atoms with Crippen LogP contribution in [-0.2, 0) is 4.74 Å². The maximum atomic E-state index is 13.6. The molecular weight excluding hydrogens is 383 g/mol. The number of rotatable bonds is 7. The molecule has 2 saturated heterocycles. The molecule has 2 aliphatic heterocycles. The molecule has 1 atom stereocenters. The lowest BCUT2D eigenvalue weighted by molar-refractivity contribution is 0.144. The van der Waals surface area contributed by atoms with Crippen LogP contribution in [0.5, 0.6) is 0 Å². The number of piperazine rings is 1. The number of methoxy groups -OCH3 is 1. The van der Waals surface area contributed by atoms with Gasteiger partial charge in [-0.2, -0.15) is 0 Å². The lowest BCUT2D eigenvalue weighted by Crippen LogP contribution is -2.47. The Kier molecular flexibility index (Phi) is 6.96. The zero-order chi connectivity index (χ0) is 20.8. The Morgan fingerprint density at radius 1 is 1.10 bits per heavy atom. The Bertz CT molecular complexity index is 814. The van der Waals surface area contributed by atoms with Gasteiger partial charge in [0.15, 0.2) is 0 Å². The third-order valence-corrected chi connectivity index (χ3v) is 5.91. The summed E-state index contributed by atoms with van der Waals surface area (Å²) in [6, 6.07) is 9.16. The second-order valence-electron chi connectivity index (χ2n) is 7.99. The maximum Gasteiger partial charge on any atom is 0.134 e. The van der Waals surface area contributed by atoms with Crippen molar-refractivity contribution in [3.8, 4) is 0 Å². The van der Waals surface area contributed by atoms with E-state index in [-0.39, 0.29) is 11.9 Å². The molecule has 2 fully saturated rings. The van der Waals surface area contributed by atoms with Crippen molar-refractivity contribution in [1.29, 1.82) is 0 Å². The highest BCUT2D eigenvalue weighted by Gasteiger charge is 2.22. The van der Waals surface area contributed by atoms with Crippen LogP contribution in [0.4, 0.5) is 21.7 Å². The fourth-order valence-electron chi connectivity index (χ4n) is 4.23. The number of benzene rings is 1. The molecule has 3 heterocycles. The maximum absolute atomic E-state index is 13.6. The number of hydrogen-bond acceptors (Lipinski definition) is 7.